The van der Waals surface area contributed by atoms with Crippen LogP contribution in [0.3, 0.4) is 0 Å². The van der Waals surface area contributed by atoms with E-state index in [4.69, 9.17) is 0 Å². The Bertz CT molecular complexity index is 299. The smallest absolute Gasteiger partial charge is 0.0427 e. The number of rotatable bonds is 4. The molecule has 0 amide bonds. The number of nitrogens with one attached hydrogen (secondary N) is 2. The fraction of sp³-hybridized carbons (Fsp3) is 0.667. The van der Waals surface area contributed by atoms with Crippen LogP contribution in [0, 0.1) is 0 Å². The Kier molecular flexibility index (Phi) is 4.35. The molecule has 0 spiro atoms. The van der Waals surface area contributed by atoms with Gasteiger partial charge in [0.25, 0.3) is 0 Å². The molecular formula is C12H21N3S. The Morgan fingerprint density at radius 2 is 2.56 bits per heavy atom. The molecule has 90 valence electrons. The van der Waals surface area contributed by atoms with Crippen LogP contribution in [-0.2, 0) is 0 Å². The number of piperazine rings is 1. The minimum absolute atomic E-state index is 0.493. The van der Waals surface area contributed by atoms with E-state index >= 15 is 0 Å². The van der Waals surface area contributed by atoms with Gasteiger partial charge in [-0.1, -0.05) is 6.07 Å². The quantitative estimate of drug-likeness (QED) is 0.829. The Morgan fingerprint density at radius 3 is 3.19 bits per heavy atom. The van der Waals surface area contributed by atoms with E-state index in [-0.39, 0.29) is 0 Å². The molecule has 2 unspecified atom stereocenters. The van der Waals surface area contributed by atoms with Gasteiger partial charge >= 0.3 is 0 Å². The topological polar surface area (TPSA) is 27.3 Å². The maximum Gasteiger partial charge on any atom is 0.0427 e. The molecule has 1 aliphatic heterocycles. The van der Waals surface area contributed by atoms with Gasteiger partial charge in [-0.15, -0.1) is 11.3 Å². The molecule has 2 heterocycles. The summed E-state index contributed by atoms with van der Waals surface area (Å²) < 4.78 is 0. The van der Waals surface area contributed by atoms with Crippen molar-refractivity contribution in [2.45, 2.75) is 18.5 Å². The van der Waals surface area contributed by atoms with Gasteiger partial charge in [0.05, 0.1) is 0 Å². The number of hydrogen-bond acceptors (Lipinski definition) is 4. The maximum atomic E-state index is 3.47. The predicted octanol–water partition coefficient (Wildman–Crippen LogP) is 1.30. The lowest BCUT2D eigenvalue weighted by Gasteiger charge is -2.35. The van der Waals surface area contributed by atoms with Crippen LogP contribution in [0.25, 0.3) is 0 Å². The SMILES string of the molecule is CNC(CC1CNCCN1C)c1cccs1. The Morgan fingerprint density at radius 1 is 1.69 bits per heavy atom. The van der Waals surface area contributed by atoms with Gasteiger partial charge in [0.2, 0.25) is 0 Å². The molecule has 1 fully saturated rings. The molecule has 2 atom stereocenters. The van der Waals surface area contributed by atoms with E-state index in [0.717, 1.165) is 19.6 Å². The molecule has 0 radical (unpaired) electrons. The van der Waals surface area contributed by atoms with E-state index in [2.05, 4.69) is 47.1 Å². The van der Waals surface area contributed by atoms with Gasteiger partial charge in [0.15, 0.2) is 0 Å². The highest BCUT2D eigenvalue weighted by Crippen LogP contribution is 2.24. The first kappa shape index (κ1) is 12.0. The summed E-state index contributed by atoms with van der Waals surface area (Å²) >= 11 is 1.84. The zero-order chi connectivity index (χ0) is 11.4. The minimum Gasteiger partial charge on any atom is -0.314 e. The maximum absolute atomic E-state index is 3.47. The lowest BCUT2D eigenvalue weighted by Crippen LogP contribution is -2.50. The summed E-state index contributed by atoms with van der Waals surface area (Å²) in [4.78, 5) is 3.91. The van der Waals surface area contributed by atoms with Gasteiger partial charge in [0, 0.05) is 36.6 Å². The van der Waals surface area contributed by atoms with Gasteiger partial charge in [0.1, 0.15) is 0 Å². The summed E-state index contributed by atoms with van der Waals surface area (Å²) in [5.41, 5.74) is 0. The molecule has 2 rings (SSSR count). The van der Waals surface area contributed by atoms with Crippen molar-refractivity contribution in [1.82, 2.24) is 15.5 Å². The molecule has 4 heteroatoms. The molecule has 1 aromatic rings. The molecule has 2 N–H and O–H groups in total. The van der Waals surface area contributed by atoms with Crippen molar-refractivity contribution in [2.75, 3.05) is 33.7 Å². The van der Waals surface area contributed by atoms with Crippen LogP contribution < -0.4 is 10.6 Å². The third kappa shape index (κ3) is 2.83. The molecule has 1 saturated heterocycles. The number of hydrogen-bond donors (Lipinski definition) is 2. The predicted molar refractivity (Wildman–Crippen MR) is 70.0 cm³/mol. The first-order valence-electron chi connectivity index (χ1n) is 5.93. The van der Waals surface area contributed by atoms with Crippen molar-refractivity contribution in [3.05, 3.63) is 22.4 Å². The van der Waals surface area contributed by atoms with Gasteiger partial charge in [-0.05, 0) is 32.0 Å². The van der Waals surface area contributed by atoms with E-state index in [9.17, 15) is 0 Å². The van der Waals surface area contributed by atoms with Crippen molar-refractivity contribution in [3.8, 4) is 0 Å². The molecule has 16 heavy (non-hydrogen) atoms. The van der Waals surface area contributed by atoms with E-state index in [1.807, 2.05) is 11.3 Å². The second kappa shape index (κ2) is 5.77. The van der Waals surface area contributed by atoms with Crippen LogP contribution in [0.1, 0.15) is 17.3 Å². The van der Waals surface area contributed by atoms with E-state index in [1.54, 1.807) is 0 Å². The lowest BCUT2D eigenvalue weighted by molar-refractivity contribution is 0.178. The molecule has 0 bridgehead atoms. The normalized spacial score (nSPS) is 24.5. The van der Waals surface area contributed by atoms with E-state index in [1.165, 1.54) is 11.3 Å². The molecule has 1 aliphatic rings. The van der Waals surface area contributed by atoms with Crippen LogP contribution in [0.15, 0.2) is 17.5 Å². The highest BCUT2D eigenvalue weighted by atomic mass is 32.1. The zero-order valence-corrected chi connectivity index (χ0v) is 10.9. The number of likely N-dealkylation sites (N-methyl/N-ethyl adjacent to an activating group) is 1. The molecule has 1 aromatic heterocycles. The van der Waals surface area contributed by atoms with Gasteiger partial charge in [-0.3, -0.25) is 0 Å². The molecule has 3 nitrogen and oxygen atoms in total. The summed E-state index contributed by atoms with van der Waals surface area (Å²) in [5.74, 6) is 0. The molecule has 0 aromatic carbocycles. The standard InChI is InChI=1S/C12H21N3S/c1-13-11(12-4-3-7-16-12)8-10-9-14-5-6-15(10)2/h3-4,7,10-11,13-14H,5-6,8-9H2,1-2H3. The summed E-state index contributed by atoms with van der Waals surface area (Å²) in [7, 11) is 4.29. The first-order valence-corrected chi connectivity index (χ1v) is 6.81. The number of nitrogens with zero attached hydrogens (tertiary/aromatic N) is 1. The van der Waals surface area contributed by atoms with Crippen molar-refractivity contribution in [2.24, 2.45) is 0 Å². The average Bonchev–Trinajstić information content (AvgIpc) is 2.81. The zero-order valence-electron chi connectivity index (χ0n) is 10.1. The van der Waals surface area contributed by atoms with Gasteiger partial charge in [-0.2, -0.15) is 0 Å². The van der Waals surface area contributed by atoms with Crippen LogP contribution in [0.5, 0.6) is 0 Å². The highest BCUT2D eigenvalue weighted by molar-refractivity contribution is 7.10. The molecule has 0 saturated carbocycles. The van der Waals surface area contributed by atoms with Gasteiger partial charge < -0.3 is 15.5 Å². The third-order valence-corrected chi connectivity index (χ3v) is 4.37. The Hall–Kier alpha value is -0.420. The summed E-state index contributed by atoms with van der Waals surface area (Å²) in [6.07, 6.45) is 1.18. The van der Waals surface area contributed by atoms with Crippen LogP contribution in [-0.4, -0.2) is 44.7 Å². The second-order valence-electron chi connectivity index (χ2n) is 4.43. The summed E-state index contributed by atoms with van der Waals surface area (Å²) in [6.45, 7) is 3.39. The first-order chi connectivity index (χ1) is 7.81. The number of thiophene rings is 1. The van der Waals surface area contributed by atoms with Crippen LogP contribution >= 0.6 is 11.3 Å². The van der Waals surface area contributed by atoms with Crippen molar-refractivity contribution >= 4 is 11.3 Å². The van der Waals surface area contributed by atoms with E-state index in [0.29, 0.717) is 12.1 Å². The second-order valence-corrected chi connectivity index (χ2v) is 5.41. The lowest BCUT2D eigenvalue weighted by atomic mass is 10.0. The highest BCUT2D eigenvalue weighted by Gasteiger charge is 2.23. The van der Waals surface area contributed by atoms with Crippen LogP contribution in [0.2, 0.25) is 0 Å². The van der Waals surface area contributed by atoms with Crippen molar-refractivity contribution < 1.29 is 0 Å². The fourth-order valence-corrected chi connectivity index (χ4v) is 3.11. The Balaban J connectivity index is 1.95. The average molecular weight is 239 g/mol. The van der Waals surface area contributed by atoms with Crippen molar-refractivity contribution in [1.29, 1.82) is 0 Å². The van der Waals surface area contributed by atoms with Crippen LogP contribution in [0.4, 0.5) is 0 Å². The molecular weight excluding hydrogens is 218 g/mol. The van der Waals surface area contributed by atoms with Gasteiger partial charge in [-0.25, -0.2) is 0 Å². The monoisotopic (exact) mass is 239 g/mol. The fourth-order valence-electron chi connectivity index (χ4n) is 2.26. The van der Waals surface area contributed by atoms with E-state index < -0.39 is 0 Å². The largest absolute Gasteiger partial charge is 0.314 e. The minimum atomic E-state index is 0.493. The summed E-state index contributed by atoms with van der Waals surface area (Å²) in [5, 5.41) is 9.06. The summed E-state index contributed by atoms with van der Waals surface area (Å²) in [6, 6.07) is 5.50. The van der Waals surface area contributed by atoms with Crippen molar-refractivity contribution in [3.63, 3.8) is 0 Å². The molecule has 0 aliphatic carbocycles. The Labute approximate surface area is 102 Å². The third-order valence-electron chi connectivity index (χ3n) is 3.39.